The molecule has 0 atom stereocenters. The molecule has 1 aromatic rings. The number of hydrogen-bond donors (Lipinski definition) is 0. The average molecular weight is 260 g/mol. The molecule has 0 unspecified atom stereocenters. The zero-order valence-electron chi connectivity index (χ0n) is 7.77. The Balaban J connectivity index is 3.21. The van der Waals surface area contributed by atoms with Crippen molar-refractivity contribution in [2.75, 3.05) is 5.33 Å². The van der Waals surface area contributed by atoms with Crippen LogP contribution in [0.2, 0.25) is 5.02 Å². The van der Waals surface area contributed by atoms with Crippen LogP contribution in [-0.2, 0) is 0 Å². The molecule has 0 fully saturated rings. The van der Waals surface area contributed by atoms with Crippen LogP contribution in [0.1, 0.15) is 19.4 Å². The number of benzene rings is 1. The highest BCUT2D eigenvalue weighted by atomic mass is 79.9. The minimum atomic E-state index is 0.818. The van der Waals surface area contributed by atoms with Gasteiger partial charge < -0.3 is 0 Å². The summed E-state index contributed by atoms with van der Waals surface area (Å²) in [4.78, 5) is 0. The van der Waals surface area contributed by atoms with Gasteiger partial charge in [-0.2, -0.15) is 0 Å². The second-order valence-electron chi connectivity index (χ2n) is 3.09. The Morgan fingerprint density at radius 2 is 1.92 bits per heavy atom. The van der Waals surface area contributed by atoms with Gasteiger partial charge in [0.15, 0.2) is 0 Å². The molecule has 0 aromatic heterocycles. The predicted molar refractivity (Wildman–Crippen MR) is 63.5 cm³/mol. The minimum Gasteiger partial charge on any atom is -0.0876 e. The first-order valence-electron chi connectivity index (χ1n) is 4.14. The molecule has 0 heterocycles. The van der Waals surface area contributed by atoms with Gasteiger partial charge in [-0.05, 0) is 31.1 Å². The van der Waals surface area contributed by atoms with Crippen molar-refractivity contribution in [2.45, 2.75) is 13.8 Å². The van der Waals surface area contributed by atoms with Crippen LogP contribution in [0.25, 0.3) is 5.57 Å². The quantitative estimate of drug-likeness (QED) is 0.685. The van der Waals surface area contributed by atoms with Crippen molar-refractivity contribution in [3.63, 3.8) is 0 Å². The molecule has 70 valence electrons. The first-order valence-corrected chi connectivity index (χ1v) is 5.64. The van der Waals surface area contributed by atoms with E-state index in [1.807, 2.05) is 24.3 Å². The van der Waals surface area contributed by atoms with Gasteiger partial charge in [0.1, 0.15) is 0 Å². The maximum Gasteiger partial charge on any atom is 0.0481 e. The normalized spacial score (nSPS) is 9.85. The lowest BCUT2D eigenvalue weighted by Gasteiger charge is -2.08. The van der Waals surface area contributed by atoms with Gasteiger partial charge in [0.2, 0.25) is 0 Å². The highest BCUT2D eigenvalue weighted by Crippen LogP contribution is 2.27. The molecule has 0 aliphatic heterocycles. The summed E-state index contributed by atoms with van der Waals surface area (Å²) < 4.78 is 0. The van der Waals surface area contributed by atoms with Crippen molar-refractivity contribution in [1.82, 2.24) is 0 Å². The number of allylic oxidation sites excluding steroid dienone is 2. The monoisotopic (exact) mass is 258 g/mol. The summed E-state index contributed by atoms with van der Waals surface area (Å²) in [5, 5.41) is 1.66. The van der Waals surface area contributed by atoms with Crippen molar-refractivity contribution < 1.29 is 0 Å². The lowest BCUT2D eigenvalue weighted by atomic mass is 10.0. The van der Waals surface area contributed by atoms with E-state index < -0.39 is 0 Å². The molecular weight excluding hydrogens is 247 g/mol. The molecule has 0 aliphatic carbocycles. The van der Waals surface area contributed by atoms with Crippen LogP contribution in [0.4, 0.5) is 0 Å². The van der Waals surface area contributed by atoms with Crippen LogP contribution in [-0.4, -0.2) is 5.33 Å². The third kappa shape index (κ3) is 2.58. The minimum absolute atomic E-state index is 0.818. The Labute approximate surface area is 92.7 Å². The molecule has 0 nitrogen and oxygen atoms in total. The summed E-state index contributed by atoms with van der Waals surface area (Å²) in [5.41, 5.74) is 3.69. The van der Waals surface area contributed by atoms with Crippen molar-refractivity contribution >= 4 is 33.1 Å². The smallest absolute Gasteiger partial charge is 0.0481 e. The van der Waals surface area contributed by atoms with Crippen LogP contribution in [0, 0.1) is 0 Å². The van der Waals surface area contributed by atoms with E-state index in [2.05, 4.69) is 29.8 Å². The SMILES string of the molecule is CC(C)=C(CBr)c1ccccc1Cl. The largest absolute Gasteiger partial charge is 0.0876 e. The first-order chi connectivity index (χ1) is 6.16. The van der Waals surface area contributed by atoms with Crippen LogP contribution in [0.15, 0.2) is 29.8 Å². The predicted octanol–water partition coefficient (Wildman–Crippen LogP) is 4.53. The van der Waals surface area contributed by atoms with E-state index in [9.17, 15) is 0 Å². The van der Waals surface area contributed by atoms with Gasteiger partial charge in [-0.15, -0.1) is 0 Å². The molecule has 0 spiro atoms. The van der Waals surface area contributed by atoms with Crippen molar-refractivity contribution in [2.24, 2.45) is 0 Å². The third-order valence-corrected chi connectivity index (χ3v) is 2.83. The number of rotatable bonds is 2. The van der Waals surface area contributed by atoms with E-state index in [1.54, 1.807) is 0 Å². The highest BCUT2D eigenvalue weighted by molar-refractivity contribution is 9.09. The zero-order chi connectivity index (χ0) is 9.84. The Kier molecular flexibility index (Phi) is 4.01. The van der Waals surface area contributed by atoms with E-state index in [4.69, 9.17) is 11.6 Å². The number of halogens is 2. The van der Waals surface area contributed by atoms with E-state index in [0.29, 0.717) is 0 Å². The Morgan fingerprint density at radius 3 is 2.38 bits per heavy atom. The molecule has 0 N–H and O–H groups in total. The fourth-order valence-corrected chi connectivity index (χ4v) is 2.29. The Hall–Kier alpha value is -0.270. The van der Waals surface area contributed by atoms with Gasteiger partial charge >= 0.3 is 0 Å². The van der Waals surface area contributed by atoms with E-state index in [1.165, 1.54) is 11.1 Å². The van der Waals surface area contributed by atoms with Crippen LogP contribution in [0.5, 0.6) is 0 Å². The number of alkyl halides is 1. The van der Waals surface area contributed by atoms with E-state index in [0.717, 1.165) is 15.9 Å². The molecule has 13 heavy (non-hydrogen) atoms. The summed E-state index contributed by atoms with van der Waals surface area (Å²) >= 11 is 9.56. The van der Waals surface area contributed by atoms with Crippen LogP contribution < -0.4 is 0 Å². The summed E-state index contributed by atoms with van der Waals surface area (Å²) in [7, 11) is 0. The molecule has 0 amide bonds. The highest BCUT2D eigenvalue weighted by Gasteiger charge is 2.05. The topological polar surface area (TPSA) is 0 Å². The van der Waals surface area contributed by atoms with Gasteiger partial charge in [0.05, 0.1) is 0 Å². The maximum atomic E-state index is 6.09. The summed E-state index contributed by atoms with van der Waals surface area (Å²) in [6, 6.07) is 7.92. The van der Waals surface area contributed by atoms with Crippen molar-refractivity contribution in [3.8, 4) is 0 Å². The summed E-state index contributed by atoms with van der Waals surface area (Å²) in [5.74, 6) is 0. The van der Waals surface area contributed by atoms with E-state index in [-0.39, 0.29) is 0 Å². The fourth-order valence-electron chi connectivity index (χ4n) is 1.18. The Bertz CT molecular complexity index is 325. The van der Waals surface area contributed by atoms with Gasteiger partial charge in [-0.3, -0.25) is 0 Å². The average Bonchev–Trinajstić information content (AvgIpc) is 2.09. The molecule has 0 saturated heterocycles. The number of hydrogen-bond acceptors (Lipinski definition) is 0. The van der Waals surface area contributed by atoms with Gasteiger partial charge in [0, 0.05) is 10.4 Å². The molecule has 1 aromatic carbocycles. The zero-order valence-corrected chi connectivity index (χ0v) is 10.1. The molecule has 2 heteroatoms. The molecule has 1 rings (SSSR count). The fraction of sp³-hybridized carbons (Fsp3) is 0.273. The maximum absolute atomic E-state index is 6.09. The second-order valence-corrected chi connectivity index (χ2v) is 4.06. The molecular formula is C11H12BrCl. The third-order valence-electron chi connectivity index (χ3n) is 1.94. The van der Waals surface area contributed by atoms with E-state index >= 15 is 0 Å². The lowest BCUT2D eigenvalue weighted by Crippen LogP contribution is -1.89. The van der Waals surface area contributed by atoms with Crippen LogP contribution in [0.3, 0.4) is 0 Å². The first kappa shape index (κ1) is 10.8. The second kappa shape index (κ2) is 4.83. The molecule has 0 saturated carbocycles. The van der Waals surface area contributed by atoms with Crippen LogP contribution >= 0.6 is 27.5 Å². The van der Waals surface area contributed by atoms with Gasteiger partial charge in [-0.1, -0.05) is 51.3 Å². The summed E-state index contributed by atoms with van der Waals surface area (Å²) in [6.45, 7) is 4.19. The standard InChI is InChI=1S/C11H12BrCl/c1-8(2)10(7-12)9-5-3-4-6-11(9)13/h3-6H,7H2,1-2H3. The Morgan fingerprint density at radius 1 is 1.31 bits per heavy atom. The molecule has 0 aliphatic rings. The summed E-state index contributed by atoms with van der Waals surface area (Å²) in [6.07, 6.45) is 0. The molecule has 0 bridgehead atoms. The van der Waals surface area contributed by atoms with Crippen molar-refractivity contribution in [3.05, 3.63) is 40.4 Å². The van der Waals surface area contributed by atoms with Gasteiger partial charge in [0.25, 0.3) is 0 Å². The van der Waals surface area contributed by atoms with Crippen molar-refractivity contribution in [1.29, 1.82) is 0 Å². The van der Waals surface area contributed by atoms with Gasteiger partial charge in [-0.25, -0.2) is 0 Å². The molecule has 0 radical (unpaired) electrons. The lowest BCUT2D eigenvalue weighted by molar-refractivity contribution is 1.37.